The molecule has 0 unspecified atom stereocenters. The molecular weight excluding hydrogens is 222 g/mol. The van der Waals surface area contributed by atoms with Gasteiger partial charge in [-0.15, -0.1) is 0 Å². The summed E-state index contributed by atoms with van der Waals surface area (Å²) in [6.07, 6.45) is 1.16. The quantitative estimate of drug-likeness (QED) is 0.564. The van der Waals surface area contributed by atoms with Crippen molar-refractivity contribution in [2.75, 3.05) is 26.4 Å². The van der Waals surface area contributed by atoms with Crippen molar-refractivity contribution in [1.29, 1.82) is 0 Å². The summed E-state index contributed by atoms with van der Waals surface area (Å²) in [5, 5.41) is 0. The van der Waals surface area contributed by atoms with E-state index < -0.39 is 16.1 Å². The molecule has 3 fully saturated rings. The van der Waals surface area contributed by atoms with Crippen molar-refractivity contribution in [2.24, 2.45) is 0 Å². The van der Waals surface area contributed by atoms with Gasteiger partial charge in [0, 0.05) is 19.4 Å². The predicted octanol–water partition coefficient (Wildman–Crippen LogP) is -0.531. The van der Waals surface area contributed by atoms with E-state index in [9.17, 15) is 8.42 Å². The van der Waals surface area contributed by atoms with Gasteiger partial charge in [0.15, 0.2) is 5.79 Å². The van der Waals surface area contributed by atoms with Crippen LogP contribution in [-0.4, -0.2) is 50.9 Å². The Bertz CT molecular complexity index is 361. The third-order valence-electron chi connectivity index (χ3n) is 3.18. The molecule has 1 spiro atoms. The van der Waals surface area contributed by atoms with Crippen LogP contribution >= 0.6 is 0 Å². The fraction of sp³-hybridized carbons (Fsp3) is 1.00. The summed E-state index contributed by atoms with van der Waals surface area (Å²) < 4.78 is 40.1. The largest absolute Gasteiger partial charge is 0.347 e. The zero-order valence-corrected chi connectivity index (χ0v) is 9.03. The average molecular weight is 235 g/mol. The summed E-state index contributed by atoms with van der Waals surface area (Å²) >= 11 is 0. The number of hydrogen-bond donors (Lipinski definition) is 0. The van der Waals surface area contributed by atoms with Crippen LogP contribution in [0.3, 0.4) is 0 Å². The first-order valence-electron chi connectivity index (χ1n) is 5.05. The lowest BCUT2D eigenvalue weighted by Crippen LogP contribution is -2.50. The summed E-state index contributed by atoms with van der Waals surface area (Å²) in [5.41, 5.74) is 0. The van der Waals surface area contributed by atoms with E-state index in [4.69, 9.17) is 13.7 Å². The van der Waals surface area contributed by atoms with Crippen molar-refractivity contribution in [3.8, 4) is 0 Å². The Morgan fingerprint density at radius 2 is 2.00 bits per heavy atom. The summed E-state index contributed by atoms with van der Waals surface area (Å²) in [7, 11) is -3.47. The molecule has 0 aromatic carbocycles. The lowest BCUT2D eigenvalue weighted by Gasteiger charge is -2.37. The third-order valence-corrected chi connectivity index (χ3v) is 4.67. The van der Waals surface area contributed by atoms with E-state index in [1.165, 1.54) is 4.31 Å². The maximum absolute atomic E-state index is 11.4. The van der Waals surface area contributed by atoms with E-state index in [-0.39, 0.29) is 12.6 Å². The van der Waals surface area contributed by atoms with Gasteiger partial charge in [0.25, 0.3) is 0 Å². The Morgan fingerprint density at radius 3 is 2.73 bits per heavy atom. The highest BCUT2D eigenvalue weighted by Crippen LogP contribution is 2.38. The fourth-order valence-corrected chi connectivity index (χ4v) is 3.73. The monoisotopic (exact) mass is 235 g/mol. The van der Waals surface area contributed by atoms with E-state index >= 15 is 0 Å². The van der Waals surface area contributed by atoms with Gasteiger partial charge in [0.1, 0.15) is 0 Å². The van der Waals surface area contributed by atoms with Crippen LogP contribution in [0, 0.1) is 0 Å². The Morgan fingerprint density at radius 1 is 1.27 bits per heavy atom. The van der Waals surface area contributed by atoms with E-state index in [0.717, 1.165) is 0 Å². The zero-order valence-electron chi connectivity index (χ0n) is 8.22. The lowest BCUT2D eigenvalue weighted by atomic mass is 9.99. The lowest BCUT2D eigenvalue weighted by molar-refractivity contribution is -0.187. The normalized spacial score (nSPS) is 38.3. The van der Waals surface area contributed by atoms with E-state index in [0.29, 0.717) is 32.6 Å². The molecule has 1 atom stereocenters. The Hall–Kier alpha value is -0.210. The first kappa shape index (κ1) is 9.98. The second kappa shape index (κ2) is 3.14. The average Bonchev–Trinajstić information content (AvgIpc) is 2.74. The molecular formula is C8H13NO5S. The molecule has 0 aromatic heterocycles. The molecule has 0 radical (unpaired) electrons. The topological polar surface area (TPSA) is 65.1 Å². The number of rotatable bonds is 0. The van der Waals surface area contributed by atoms with Gasteiger partial charge < -0.3 is 9.47 Å². The second-order valence-electron chi connectivity index (χ2n) is 4.07. The van der Waals surface area contributed by atoms with Crippen LogP contribution in [0.1, 0.15) is 12.8 Å². The van der Waals surface area contributed by atoms with Crippen LogP contribution in [0.15, 0.2) is 0 Å². The minimum atomic E-state index is -3.47. The summed E-state index contributed by atoms with van der Waals surface area (Å²) in [6, 6.07) is -0.123. The maximum Gasteiger partial charge on any atom is 0.338 e. The molecule has 0 N–H and O–H groups in total. The van der Waals surface area contributed by atoms with E-state index in [1.807, 2.05) is 0 Å². The standard InChI is InChI=1S/C8H13NO5S/c10-15(11)9-2-1-8(12-3-4-13-8)5-7(9)6-14-15/h7H,1-6H2/t7-/m0/s1. The number of hydrogen-bond acceptors (Lipinski definition) is 5. The van der Waals surface area contributed by atoms with Crippen molar-refractivity contribution in [1.82, 2.24) is 4.31 Å². The van der Waals surface area contributed by atoms with E-state index in [1.54, 1.807) is 0 Å². The first-order valence-corrected chi connectivity index (χ1v) is 6.42. The summed E-state index contributed by atoms with van der Waals surface area (Å²) in [4.78, 5) is 0. The van der Waals surface area contributed by atoms with Crippen molar-refractivity contribution in [3.05, 3.63) is 0 Å². The number of fused-ring (bicyclic) bond motifs is 1. The van der Waals surface area contributed by atoms with Gasteiger partial charge in [-0.3, -0.25) is 4.18 Å². The molecule has 0 saturated carbocycles. The van der Waals surface area contributed by atoms with Crippen molar-refractivity contribution >= 4 is 10.3 Å². The molecule has 3 heterocycles. The molecule has 3 rings (SSSR count). The Balaban J connectivity index is 1.81. The molecule has 3 aliphatic heterocycles. The van der Waals surface area contributed by atoms with Gasteiger partial charge in [-0.25, -0.2) is 0 Å². The third kappa shape index (κ3) is 1.50. The zero-order chi connectivity index (χ0) is 10.5. The van der Waals surface area contributed by atoms with Crippen molar-refractivity contribution in [3.63, 3.8) is 0 Å². The van der Waals surface area contributed by atoms with Gasteiger partial charge >= 0.3 is 10.3 Å². The number of piperidine rings is 1. The van der Waals surface area contributed by atoms with Crippen LogP contribution in [0.2, 0.25) is 0 Å². The van der Waals surface area contributed by atoms with Gasteiger partial charge in [-0.2, -0.15) is 12.7 Å². The molecule has 3 saturated heterocycles. The Labute approximate surface area is 88.3 Å². The highest BCUT2D eigenvalue weighted by molar-refractivity contribution is 7.84. The van der Waals surface area contributed by atoms with Crippen LogP contribution in [0.4, 0.5) is 0 Å². The summed E-state index contributed by atoms with van der Waals surface area (Å²) in [6.45, 7) is 1.84. The van der Waals surface area contributed by atoms with Gasteiger partial charge in [-0.05, 0) is 0 Å². The molecule has 0 aliphatic carbocycles. The smallest absolute Gasteiger partial charge is 0.338 e. The molecule has 3 aliphatic rings. The minimum Gasteiger partial charge on any atom is -0.347 e. The number of nitrogens with zero attached hydrogens (tertiary/aromatic N) is 1. The van der Waals surface area contributed by atoms with Crippen LogP contribution in [-0.2, 0) is 24.0 Å². The summed E-state index contributed by atoms with van der Waals surface area (Å²) in [5.74, 6) is -0.551. The second-order valence-corrected chi connectivity index (χ2v) is 5.63. The Kier molecular flexibility index (Phi) is 2.09. The van der Waals surface area contributed by atoms with Gasteiger partial charge in [0.2, 0.25) is 0 Å². The molecule has 15 heavy (non-hydrogen) atoms. The molecule has 7 heteroatoms. The SMILES string of the molecule is O=S1(=O)OC[C@@H]2CC3(CCN21)OCCO3. The first-order chi connectivity index (χ1) is 7.11. The fourth-order valence-electron chi connectivity index (χ4n) is 2.45. The number of ether oxygens (including phenoxy) is 2. The van der Waals surface area contributed by atoms with Gasteiger partial charge in [0.05, 0.1) is 25.9 Å². The highest BCUT2D eigenvalue weighted by Gasteiger charge is 2.51. The van der Waals surface area contributed by atoms with Crippen molar-refractivity contribution in [2.45, 2.75) is 24.7 Å². The van der Waals surface area contributed by atoms with Crippen LogP contribution in [0.25, 0.3) is 0 Å². The van der Waals surface area contributed by atoms with Crippen molar-refractivity contribution < 1.29 is 22.1 Å². The van der Waals surface area contributed by atoms with E-state index in [2.05, 4.69) is 0 Å². The van der Waals surface area contributed by atoms with Crippen LogP contribution < -0.4 is 0 Å². The molecule has 86 valence electrons. The van der Waals surface area contributed by atoms with Crippen LogP contribution in [0.5, 0.6) is 0 Å². The molecule has 0 amide bonds. The minimum absolute atomic E-state index is 0.123. The molecule has 0 aromatic rings. The van der Waals surface area contributed by atoms with Gasteiger partial charge in [-0.1, -0.05) is 0 Å². The molecule has 0 bridgehead atoms. The maximum atomic E-state index is 11.4. The predicted molar refractivity (Wildman–Crippen MR) is 49.2 cm³/mol. The highest BCUT2D eigenvalue weighted by atomic mass is 32.2. The molecule has 6 nitrogen and oxygen atoms in total.